The number of nitrogens with one attached hydrogen (secondary N) is 2. The minimum absolute atomic E-state index is 0.111. The first kappa shape index (κ1) is 22.8. The molecule has 5 rings (SSSR count). The van der Waals surface area contributed by atoms with E-state index >= 15 is 0 Å². The third-order valence-corrected chi connectivity index (χ3v) is 7.16. The van der Waals surface area contributed by atoms with Crippen LogP contribution >= 0.6 is 28.1 Å². The molecule has 0 bridgehead atoms. The van der Waals surface area contributed by atoms with Crippen LogP contribution in [0, 0.1) is 5.41 Å². The summed E-state index contributed by atoms with van der Waals surface area (Å²) in [6.45, 7) is 4.31. The molecular formula is C28H26BrN3OS. The molecule has 0 saturated heterocycles. The minimum Gasteiger partial charge on any atom is -0.357 e. The van der Waals surface area contributed by atoms with Gasteiger partial charge in [-0.05, 0) is 66.0 Å². The standard InChI is InChI=1S/C28H26BrN3OS/c1-28(2)16-22-25(24(33)17-28)26(18-12-14-19(29)15-13-18)32(23-11-7-6-10-21(23)31-22)27(34)30-20-8-4-3-5-9-20/h3-15,26,31H,16-17H2,1-2H3,(H,30,34). The van der Waals surface area contributed by atoms with Crippen LogP contribution in [0.5, 0.6) is 0 Å². The van der Waals surface area contributed by atoms with Crippen molar-refractivity contribution in [2.24, 2.45) is 5.41 Å². The fraction of sp³-hybridized carbons (Fsp3) is 0.214. The molecule has 1 aliphatic heterocycles. The molecule has 6 heteroatoms. The van der Waals surface area contributed by atoms with E-state index in [1.165, 1.54) is 0 Å². The van der Waals surface area contributed by atoms with E-state index in [1.54, 1.807) is 0 Å². The van der Waals surface area contributed by atoms with Crippen LogP contribution < -0.4 is 15.5 Å². The lowest BCUT2D eigenvalue weighted by atomic mass is 9.73. The van der Waals surface area contributed by atoms with Gasteiger partial charge in [-0.2, -0.15) is 0 Å². The van der Waals surface area contributed by atoms with Crippen molar-refractivity contribution in [1.82, 2.24) is 0 Å². The van der Waals surface area contributed by atoms with Crippen molar-refractivity contribution < 1.29 is 4.79 Å². The molecule has 34 heavy (non-hydrogen) atoms. The number of carbonyl (C=O) groups is 1. The first-order valence-electron chi connectivity index (χ1n) is 11.4. The molecule has 172 valence electrons. The Labute approximate surface area is 214 Å². The van der Waals surface area contributed by atoms with E-state index in [0.717, 1.165) is 44.8 Å². The number of halogens is 1. The number of hydrogen-bond acceptors (Lipinski definition) is 3. The van der Waals surface area contributed by atoms with Gasteiger partial charge in [-0.3, -0.25) is 4.79 Å². The van der Waals surface area contributed by atoms with Crippen molar-refractivity contribution in [2.45, 2.75) is 32.7 Å². The summed E-state index contributed by atoms with van der Waals surface area (Å²) in [6, 6.07) is 25.8. The van der Waals surface area contributed by atoms with E-state index in [1.807, 2.05) is 60.7 Å². The first-order valence-corrected chi connectivity index (χ1v) is 12.6. The summed E-state index contributed by atoms with van der Waals surface area (Å²) >= 11 is 9.57. The van der Waals surface area contributed by atoms with Gasteiger partial charge in [-0.1, -0.05) is 72.2 Å². The van der Waals surface area contributed by atoms with Gasteiger partial charge in [-0.15, -0.1) is 0 Å². The smallest absolute Gasteiger partial charge is 0.178 e. The Bertz CT molecular complexity index is 1280. The number of para-hydroxylation sites is 3. The van der Waals surface area contributed by atoms with Gasteiger partial charge >= 0.3 is 0 Å². The Morgan fingerprint density at radius 2 is 1.68 bits per heavy atom. The van der Waals surface area contributed by atoms with Crippen LogP contribution in [0.4, 0.5) is 17.1 Å². The minimum atomic E-state index is -0.355. The van der Waals surface area contributed by atoms with Gasteiger partial charge < -0.3 is 15.5 Å². The van der Waals surface area contributed by atoms with Crippen molar-refractivity contribution >= 4 is 56.1 Å². The van der Waals surface area contributed by atoms with Crippen molar-refractivity contribution in [2.75, 3.05) is 15.5 Å². The molecule has 1 atom stereocenters. The van der Waals surface area contributed by atoms with Gasteiger partial charge in [-0.25, -0.2) is 0 Å². The van der Waals surface area contributed by atoms with E-state index in [2.05, 4.69) is 63.5 Å². The zero-order valence-electron chi connectivity index (χ0n) is 19.1. The molecule has 1 unspecified atom stereocenters. The number of rotatable bonds is 2. The first-order chi connectivity index (χ1) is 16.3. The van der Waals surface area contributed by atoms with E-state index in [9.17, 15) is 4.79 Å². The van der Waals surface area contributed by atoms with Crippen molar-refractivity contribution in [3.05, 3.63) is 100 Å². The van der Waals surface area contributed by atoms with Crippen LogP contribution in [-0.4, -0.2) is 10.9 Å². The van der Waals surface area contributed by atoms with Crippen molar-refractivity contribution in [3.8, 4) is 0 Å². The second kappa shape index (κ2) is 9.01. The molecule has 2 aliphatic rings. The van der Waals surface area contributed by atoms with E-state index < -0.39 is 0 Å². The van der Waals surface area contributed by atoms with Gasteiger partial charge in [0, 0.05) is 27.9 Å². The van der Waals surface area contributed by atoms with Gasteiger partial charge in [0.15, 0.2) is 10.9 Å². The van der Waals surface area contributed by atoms with E-state index in [-0.39, 0.29) is 17.2 Å². The number of benzene rings is 3. The molecule has 0 amide bonds. The van der Waals surface area contributed by atoms with Crippen molar-refractivity contribution in [1.29, 1.82) is 0 Å². The molecule has 2 N–H and O–H groups in total. The summed E-state index contributed by atoms with van der Waals surface area (Å²) in [4.78, 5) is 15.8. The molecular weight excluding hydrogens is 506 g/mol. The Balaban J connectivity index is 1.72. The average Bonchev–Trinajstić information content (AvgIpc) is 2.94. The lowest BCUT2D eigenvalue weighted by molar-refractivity contribution is -0.118. The van der Waals surface area contributed by atoms with Crippen LogP contribution in [-0.2, 0) is 4.79 Å². The number of nitrogens with zero attached hydrogens (tertiary/aromatic N) is 1. The summed E-state index contributed by atoms with van der Waals surface area (Å²) in [5, 5.41) is 7.57. The Hall–Kier alpha value is -2.96. The summed E-state index contributed by atoms with van der Waals surface area (Å²) in [7, 11) is 0. The Kier molecular flexibility index (Phi) is 6.04. The number of ketones is 1. The predicted octanol–water partition coefficient (Wildman–Crippen LogP) is 7.46. The van der Waals surface area contributed by atoms with E-state index in [0.29, 0.717) is 11.5 Å². The fourth-order valence-electron chi connectivity index (χ4n) is 4.88. The third kappa shape index (κ3) is 4.40. The Morgan fingerprint density at radius 1 is 1.00 bits per heavy atom. The normalized spacial score (nSPS) is 19.0. The highest BCUT2D eigenvalue weighted by Crippen LogP contribution is 2.48. The van der Waals surface area contributed by atoms with Crippen LogP contribution in [0.1, 0.15) is 38.3 Å². The van der Waals surface area contributed by atoms with E-state index in [4.69, 9.17) is 12.2 Å². The lowest BCUT2D eigenvalue weighted by Gasteiger charge is -2.38. The van der Waals surface area contributed by atoms with Crippen LogP contribution in [0.2, 0.25) is 0 Å². The summed E-state index contributed by atoms with van der Waals surface area (Å²) < 4.78 is 0.991. The molecule has 0 aromatic heterocycles. The van der Waals surface area contributed by atoms with Gasteiger partial charge in [0.2, 0.25) is 0 Å². The number of hydrogen-bond donors (Lipinski definition) is 2. The quantitative estimate of drug-likeness (QED) is 0.336. The highest BCUT2D eigenvalue weighted by atomic mass is 79.9. The number of anilines is 3. The van der Waals surface area contributed by atoms with Crippen LogP contribution in [0.15, 0.2) is 94.6 Å². The Morgan fingerprint density at radius 3 is 2.41 bits per heavy atom. The molecule has 3 aromatic rings. The molecule has 0 fully saturated rings. The molecule has 1 heterocycles. The highest BCUT2D eigenvalue weighted by Gasteiger charge is 2.42. The third-order valence-electron chi connectivity index (χ3n) is 6.33. The highest BCUT2D eigenvalue weighted by molar-refractivity contribution is 9.10. The largest absolute Gasteiger partial charge is 0.357 e. The maximum atomic E-state index is 13.7. The van der Waals surface area contributed by atoms with Crippen molar-refractivity contribution in [3.63, 3.8) is 0 Å². The molecule has 0 saturated carbocycles. The number of thiocarbonyl (C=S) groups is 1. The molecule has 3 aromatic carbocycles. The average molecular weight is 533 g/mol. The van der Waals surface area contributed by atoms with Crippen LogP contribution in [0.25, 0.3) is 0 Å². The van der Waals surface area contributed by atoms with Crippen LogP contribution in [0.3, 0.4) is 0 Å². The zero-order valence-corrected chi connectivity index (χ0v) is 21.5. The number of fused-ring (bicyclic) bond motifs is 1. The second-order valence-electron chi connectivity index (χ2n) is 9.60. The lowest BCUT2D eigenvalue weighted by Crippen LogP contribution is -2.41. The summed E-state index contributed by atoms with van der Waals surface area (Å²) in [5.74, 6) is 0.159. The number of carbonyl (C=O) groups excluding carboxylic acids is 1. The molecule has 0 radical (unpaired) electrons. The molecule has 0 spiro atoms. The summed E-state index contributed by atoms with van der Waals surface area (Å²) in [5.41, 5.74) is 5.45. The van der Waals surface area contributed by atoms with Gasteiger partial charge in [0.05, 0.1) is 17.4 Å². The fourth-order valence-corrected chi connectivity index (χ4v) is 5.46. The molecule has 1 aliphatic carbocycles. The second-order valence-corrected chi connectivity index (χ2v) is 10.9. The molecule has 4 nitrogen and oxygen atoms in total. The number of allylic oxidation sites excluding steroid dienone is 1. The summed E-state index contributed by atoms with van der Waals surface area (Å²) in [6.07, 6.45) is 1.30. The maximum absolute atomic E-state index is 13.7. The number of Topliss-reactive ketones (excluding diaryl/α,β-unsaturated/α-hetero) is 1. The predicted molar refractivity (Wildman–Crippen MR) is 147 cm³/mol. The van der Waals surface area contributed by atoms with Gasteiger partial charge in [0.25, 0.3) is 0 Å². The monoisotopic (exact) mass is 531 g/mol. The topological polar surface area (TPSA) is 44.4 Å². The zero-order chi connectivity index (χ0) is 23.9. The van der Waals surface area contributed by atoms with Gasteiger partial charge in [0.1, 0.15) is 0 Å². The maximum Gasteiger partial charge on any atom is 0.178 e. The SMILES string of the molecule is CC1(C)CC(=O)C2=C(C1)Nc1ccccc1N(C(=S)Nc1ccccc1)C2c1ccc(Br)cc1.